The molecule has 1 aromatic rings. The smallest absolute Gasteiger partial charge is 0.373 e. The average molecular weight is 296 g/mol. The summed E-state index contributed by atoms with van der Waals surface area (Å²) in [6.45, 7) is 1.83. The van der Waals surface area contributed by atoms with E-state index in [0.717, 1.165) is 11.3 Å². The number of hydrogen-bond donors (Lipinski definition) is 0. The van der Waals surface area contributed by atoms with Gasteiger partial charge >= 0.3 is 14.5 Å². The molecule has 0 amide bonds. The van der Waals surface area contributed by atoms with Gasteiger partial charge in [0.15, 0.2) is 0 Å². The topological polar surface area (TPSA) is 54.0 Å². The van der Waals surface area contributed by atoms with Gasteiger partial charge in [0, 0.05) is 20.3 Å². The molecule has 0 spiro atoms. The van der Waals surface area contributed by atoms with Crippen LogP contribution in [0.1, 0.15) is 5.56 Å². The van der Waals surface area contributed by atoms with E-state index in [4.69, 9.17) is 18.3 Å². The minimum atomic E-state index is -2.37. The molecule has 0 saturated carbocycles. The van der Waals surface area contributed by atoms with Crippen LogP contribution < -0.4 is 4.74 Å². The highest BCUT2D eigenvalue weighted by molar-refractivity contribution is 6.66. The van der Waals surface area contributed by atoms with Crippen LogP contribution in [0.3, 0.4) is 0 Å². The van der Waals surface area contributed by atoms with Crippen molar-refractivity contribution in [3.05, 3.63) is 35.9 Å². The minimum absolute atomic E-state index is 0.159. The molecule has 1 aromatic carbocycles. The lowest BCUT2D eigenvalue weighted by Gasteiger charge is -2.21. The molecule has 0 heterocycles. The molecule has 0 unspecified atom stereocenters. The van der Waals surface area contributed by atoms with Gasteiger partial charge in [0.1, 0.15) is 12.0 Å². The first-order valence-corrected chi connectivity index (χ1v) is 8.64. The van der Waals surface area contributed by atoms with E-state index in [2.05, 4.69) is 0 Å². The molecule has 6 heteroatoms. The number of benzene rings is 1. The van der Waals surface area contributed by atoms with Crippen molar-refractivity contribution in [3.8, 4) is 5.75 Å². The fourth-order valence-corrected chi connectivity index (χ4v) is 2.14. The maximum atomic E-state index is 11.6. The Morgan fingerprint density at radius 1 is 1.15 bits per heavy atom. The summed E-state index contributed by atoms with van der Waals surface area (Å²) in [5.74, 6) is 0.348. The molecule has 0 N–H and O–H groups in total. The molecule has 0 aliphatic rings. The highest BCUT2D eigenvalue weighted by Crippen LogP contribution is 2.12. The van der Waals surface area contributed by atoms with Crippen molar-refractivity contribution >= 4 is 20.6 Å². The van der Waals surface area contributed by atoms with Crippen LogP contribution in [-0.4, -0.2) is 42.1 Å². The molecular formula is C14H20O5Si. The maximum Gasteiger partial charge on any atom is 0.373 e. The molecule has 1 rings (SSSR count). The van der Waals surface area contributed by atoms with Crippen LogP contribution in [0.15, 0.2) is 30.3 Å². The van der Waals surface area contributed by atoms with Crippen LogP contribution in [-0.2, 0) is 18.4 Å². The molecular weight excluding hydrogens is 276 g/mol. The van der Waals surface area contributed by atoms with Crippen molar-refractivity contribution in [2.45, 2.75) is 6.55 Å². The Bertz CT molecular complexity index is 451. The summed E-state index contributed by atoms with van der Waals surface area (Å²) in [6.07, 6.45) is 3.22. The lowest BCUT2D eigenvalue weighted by molar-refractivity contribution is -0.136. The summed E-state index contributed by atoms with van der Waals surface area (Å²) in [5.41, 5.74) is 0.890. The summed E-state index contributed by atoms with van der Waals surface area (Å²) >= 11 is 0. The monoisotopic (exact) mass is 296 g/mol. The normalized spacial score (nSPS) is 11.6. The standard InChI is InChI=1S/C14H20O5Si/c1-16-13-8-5-12(6-9-13)7-10-14(15)19-11-20(4,17-2)18-3/h5-10H,11H2,1-4H3/b10-7+. The van der Waals surface area contributed by atoms with Gasteiger partial charge in [-0.3, -0.25) is 0 Å². The number of ether oxygens (including phenoxy) is 2. The van der Waals surface area contributed by atoms with Gasteiger partial charge in [0.2, 0.25) is 0 Å². The molecule has 0 aliphatic carbocycles. The second kappa shape index (κ2) is 7.84. The molecule has 0 bridgehead atoms. The van der Waals surface area contributed by atoms with Crippen molar-refractivity contribution in [2.75, 3.05) is 27.6 Å². The SMILES string of the molecule is COc1ccc(/C=C/C(=O)OC[Si](C)(OC)OC)cc1. The van der Waals surface area contributed by atoms with Crippen molar-refractivity contribution in [3.63, 3.8) is 0 Å². The predicted molar refractivity (Wildman–Crippen MR) is 78.6 cm³/mol. The third-order valence-electron chi connectivity index (χ3n) is 2.87. The highest BCUT2D eigenvalue weighted by atomic mass is 28.4. The Labute approximate surface area is 120 Å². The first-order valence-electron chi connectivity index (χ1n) is 6.12. The molecule has 110 valence electrons. The number of methoxy groups -OCH3 is 1. The van der Waals surface area contributed by atoms with E-state index in [1.807, 2.05) is 30.8 Å². The quantitative estimate of drug-likeness (QED) is 0.438. The van der Waals surface area contributed by atoms with Gasteiger partial charge in [-0.15, -0.1) is 0 Å². The Kier molecular flexibility index (Phi) is 6.43. The van der Waals surface area contributed by atoms with Crippen molar-refractivity contribution < 1.29 is 23.1 Å². The number of rotatable bonds is 7. The maximum absolute atomic E-state index is 11.6. The summed E-state index contributed by atoms with van der Waals surface area (Å²) in [5, 5.41) is 0. The van der Waals surface area contributed by atoms with E-state index in [9.17, 15) is 4.79 Å². The molecule has 0 aliphatic heterocycles. The van der Waals surface area contributed by atoms with E-state index < -0.39 is 14.5 Å². The Morgan fingerprint density at radius 2 is 1.75 bits per heavy atom. The van der Waals surface area contributed by atoms with Crippen molar-refractivity contribution in [1.29, 1.82) is 0 Å². The fraction of sp³-hybridized carbons (Fsp3) is 0.357. The Morgan fingerprint density at radius 3 is 2.25 bits per heavy atom. The number of carbonyl (C=O) groups excluding carboxylic acids is 1. The van der Waals surface area contributed by atoms with Crippen molar-refractivity contribution in [1.82, 2.24) is 0 Å². The predicted octanol–water partition coefficient (Wildman–Crippen LogP) is 2.16. The van der Waals surface area contributed by atoms with E-state index in [-0.39, 0.29) is 6.23 Å². The van der Waals surface area contributed by atoms with Crippen LogP contribution >= 0.6 is 0 Å². The second-order valence-corrected chi connectivity index (χ2v) is 7.63. The zero-order chi connectivity index (χ0) is 15.0. The fourth-order valence-electron chi connectivity index (χ4n) is 1.33. The number of carbonyl (C=O) groups is 1. The van der Waals surface area contributed by atoms with Gasteiger partial charge in [0.05, 0.1) is 7.11 Å². The van der Waals surface area contributed by atoms with E-state index in [0.29, 0.717) is 0 Å². The van der Waals surface area contributed by atoms with Gasteiger partial charge in [-0.25, -0.2) is 4.79 Å². The largest absolute Gasteiger partial charge is 0.497 e. The van der Waals surface area contributed by atoms with E-state index in [1.54, 1.807) is 27.4 Å². The van der Waals surface area contributed by atoms with Crippen LogP contribution in [0.4, 0.5) is 0 Å². The van der Waals surface area contributed by atoms with Gasteiger partial charge in [0.25, 0.3) is 0 Å². The Hall–Kier alpha value is -1.63. The number of esters is 1. The van der Waals surface area contributed by atoms with E-state index in [1.165, 1.54) is 6.08 Å². The molecule has 0 saturated heterocycles. The third-order valence-corrected chi connectivity index (χ3v) is 5.26. The lowest BCUT2D eigenvalue weighted by atomic mass is 10.2. The van der Waals surface area contributed by atoms with Crippen LogP contribution in [0.2, 0.25) is 6.55 Å². The van der Waals surface area contributed by atoms with Crippen LogP contribution in [0.5, 0.6) is 5.75 Å². The number of hydrogen-bond acceptors (Lipinski definition) is 5. The van der Waals surface area contributed by atoms with Gasteiger partial charge in [-0.1, -0.05) is 12.1 Å². The van der Waals surface area contributed by atoms with Gasteiger partial charge in [-0.2, -0.15) is 0 Å². The molecule has 5 nitrogen and oxygen atoms in total. The Balaban J connectivity index is 2.50. The minimum Gasteiger partial charge on any atom is -0.497 e. The van der Waals surface area contributed by atoms with E-state index >= 15 is 0 Å². The molecule has 0 fully saturated rings. The summed E-state index contributed by atoms with van der Waals surface area (Å²) in [7, 11) is 2.34. The summed E-state index contributed by atoms with van der Waals surface area (Å²) in [4.78, 5) is 11.6. The first-order chi connectivity index (χ1) is 9.53. The first kappa shape index (κ1) is 16.4. The molecule has 0 aromatic heterocycles. The van der Waals surface area contributed by atoms with Gasteiger partial charge < -0.3 is 18.3 Å². The van der Waals surface area contributed by atoms with Crippen LogP contribution in [0.25, 0.3) is 6.08 Å². The van der Waals surface area contributed by atoms with Crippen LogP contribution in [0, 0.1) is 0 Å². The zero-order valence-corrected chi connectivity index (χ0v) is 13.2. The molecule has 0 atom stereocenters. The van der Waals surface area contributed by atoms with Crippen molar-refractivity contribution in [2.24, 2.45) is 0 Å². The third kappa shape index (κ3) is 5.16. The van der Waals surface area contributed by atoms with Gasteiger partial charge in [-0.05, 0) is 30.3 Å². The average Bonchev–Trinajstić information content (AvgIpc) is 2.51. The molecule has 20 heavy (non-hydrogen) atoms. The molecule has 0 radical (unpaired) electrons. The lowest BCUT2D eigenvalue weighted by Crippen LogP contribution is -2.42. The zero-order valence-electron chi connectivity index (χ0n) is 12.2. The summed E-state index contributed by atoms with van der Waals surface area (Å²) < 4.78 is 20.6. The second-order valence-electron chi connectivity index (χ2n) is 4.26. The summed E-state index contributed by atoms with van der Waals surface area (Å²) in [6, 6.07) is 7.35. The highest BCUT2D eigenvalue weighted by Gasteiger charge is 2.30.